The fourth-order valence-corrected chi connectivity index (χ4v) is 4.10. The van der Waals surface area contributed by atoms with Crippen LogP contribution in [-0.4, -0.2) is 31.0 Å². The smallest absolute Gasteiger partial charge is 0.132 e. The molecule has 150 valence electrons. The molecule has 0 amide bonds. The van der Waals surface area contributed by atoms with Crippen molar-refractivity contribution in [2.24, 2.45) is 0 Å². The van der Waals surface area contributed by atoms with Gasteiger partial charge in [-0.1, -0.05) is 24.3 Å². The molecule has 3 aromatic carbocycles. The minimum Gasteiger partial charge on any atom is -0.508 e. The van der Waals surface area contributed by atoms with Gasteiger partial charge in [-0.15, -0.1) is 0 Å². The monoisotopic (exact) mass is 392 g/mol. The van der Waals surface area contributed by atoms with Crippen molar-refractivity contribution in [2.75, 3.05) is 20.8 Å². The lowest BCUT2D eigenvalue weighted by Gasteiger charge is -2.42. The van der Waals surface area contributed by atoms with E-state index >= 15 is 0 Å². The zero-order valence-corrected chi connectivity index (χ0v) is 16.7. The van der Waals surface area contributed by atoms with Gasteiger partial charge in [-0.25, -0.2) is 0 Å². The van der Waals surface area contributed by atoms with Gasteiger partial charge in [-0.3, -0.25) is 0 Å². The number of fused-ring (bicyclic) bond motifs is 1. The summed E-state index contributed by atoms with van der Waals surface area (Å²) < 4.78 is 16.8. The molecule has 5 nitrogen and oxygen atoms in total. The number of methoxy groups -OCH3 is 2. The zero-order chi connectivity index (χ0) is 20.6. The van der Waals surface area contributed by atoms with E-state index in [0.29, 0.717) is 17.1 Å². The standard InChI is InChI=1S/C24H24O5/c1-15-22(28-3)13-12-20-23(15)29-14-21(16-4-8-18(25)9-5-16)24(20,26)17-6-10-19(27-2)11-7-17/h4-13,21,25-26H,14H2,1-3H3. The lowest BCUT2D eigenvalue weighted by Crippen LogP contribution is -2.42. The van der Waals surface area contributed by atoms with Crippen LogP contribution in [0.4, 0.5) is 0 Å². The highest BCUT2D eigenvalue weighted by Crippen LogP contribution is 2.51. The second-order valence-corrected chi connectivity index (χ2v) is 7.22. The SMILES string of the molecule is COc1ccc(C2(O)c3ccc(OC)c(C)c3OCC2c2ccc(O)cc2)cc1. The molecule has 0 radical (unpaired) electrons. The number of aromatic hydroxyl groups is 1. The fraction of sp³-hybridized carbons (Fsp3) is 0.250. The first kappa shape index (κ1) is 19.2. The van der Waals surface area contributed by atoms with Gasteiger partial charge < -0.3 is 24.4 Å². The number of hydrogen-bond acceptors (Lipinski definition) is 5. The molecule has 1 aliphatic heterocycles. The first-order valence-electron chi connectivity index (χ1n) is 9.45. The van der Waals surface area contributed by atoms with E-state index < -0.39 is 5.60 Å². The van der Waals surface area contributed by atoms with Crippen molar-refractivity contribution >= 4 is 0 Å². The third-order valence-corrected chi connectivity index (χ3v) is 5.71. The Morgan fingerprint density at radius 3 is 2.24 bits per heavy atom. The molecular weight excluding hydrogens is 368 g/mol. The van der Waals surface area contributed by atoms with Crippen LogP contribution in [0.1, 0.15) is 28.2 Å². The van der Waals surface area contributed by atoms with Crippen LogP contribution in [0, 0.1) is 6.92 Å². The molecule has 0 spiro atoms. The molecule has 2 unspecified atom stereocenters. The number of aliphatic hydroxyl groups is 1. The first-order valence-corrected chi connectivity index (χ1v) is 9.45. The summed E-state index contributed by atoms with van der Waals surface area (Å²) in [5.74, 6) is 1.88. The molecule has 0 aromatic heterocycles. The largest absolute Gasteiger partial charge is 0.508 e. The molecule has 0 fully saturated rings. The van der Waals surface area contributed by atoms with Crippen LogP contribution in [-0.2, 0) is 5.60 Å². The maximum atomic E-state index is 12.2. The minimum atomic E-state index is -1.33. The van der Waals surface area contributed by atoms with Crippen LogP contribution in [0.3, 0.4) is 0 Å². The van der Waals surface area contributed by atoms with Crippen molar-refractivity contribution in [3.63, 3.8) is 0 Å². The lowest BCUT2D eigenvalue weighted by molar-refractivity contribution is 0.0102. The predicted molar refractivity (Wildman–Crippen MR) is 110 cm³/mol. The Morgan fingerprint density at radius 2 is 1.62 bits per heavy atom. The van der Waals surface area contributed by atoms with Crippen LogP contribution in [0.5, 0.6) is 23.0 Å². The van der Waals surface area contributed by atoms with Gasteiger partial charge in [-0.2, -0.15) is 0 Å². The van der Waals surface area contributed by atoms with Gasteiger partial charge in [0.15, 0.2) is 0 Å². The van der Waals surface area contributed by atoms with E-state index in [1.54, 1.807) is 26.4 Å². The quantitative estimate of drug-likeness (QED) is 0.699. The van der Waals surface area contributed by atoms with Crippen LogP contribution in [0.25, 0.3) is 0 Å². The van der Waals surface area contributed by atoms with Crippen molar-refractivity contribution in [1.82, 2.24) is 0 Å². The Morgan fingerprint density at radius 1 is 0.931 bits per heavy atom. The average Bonchev–Trinajstić information content (AvgIpc) is 2.75. The normalized spacial score (nSPS) is 20.5. The Balaban J connectivity index is 1.93. The summed E-state index contributed by atoms with van der Waals surface area (Å²) in [7, 11) is 3.23. The molecule has 29 heavy (non-hydrogen) atoms. The maximum Gasteiger partial charge on any atom is 0.132 e. The summed E-state index contributed by atoms with van der Waals surface area (Å²) in [6.45, 7) is 2.21. The second-order valence-electron chi connectivity index (χ2n) is 7.22. The van der Waals surface area contributed by atoms with E-state index in [1.165, 1.54) is 0 Å². The van der Waals surface area contributed by atoms with Gasteiger partial charge in [-0.05, 0) is 54.4 Å². The lowest BCUT2D eigenvalue weighted by atomic mass is 9.71. The van der Waals surface area contributed by atoms with Gasteiger partial charge >= 0.3 is 0 Å². The van der Waals surface area contributed by atoms with Crippen LogP contribution >= 0.6 is 0 Å². The minimum absolute atomic E-state index is 0.180. The summed E-state index contributed by atoms with van der Waals surface area (Å²) in [5, 5.41) is 21.9. The van der Waals surface area contributed by atoms with E-state index in [4.69, 9.17) is 14.2 Å². The van der Waals surface area contributed by atoms with Gasteiger partial charge in [0.1, 0.15) is 28.6 Å². The number of phenolic OH excluding ortho intramolecular Hbond substituents is 1. The van der Waals surface area contributed by atoms with Crippen molar-refractivity contribution < 1.29 is 24.4 Å². The van der Waals surface area contributed by atoms with E-state index in [1.807, 2.05) is 55.5 Å². The number of ether oxygens (including phenoxy) is 3. The Kier molecular flexibility index (Phi) is 4.84. The third-order valence-electron chi connectivity index (χ3n) is 5.71. The van der Waals surface area contributed by atoms with E-state index in [-0.39, 0.29) is 18.3 Å². The second kappa shape index (κ2) is 7.33. The summed E-state index contributed by atoms with van der Waals surface area (Å²) in [4.78, 5) is 0. The van der Waals surface area contributed by atoms with Gasteiger partial charge in [0.2, 0.25) is 0 Å². The fourth-order valence-electron chi connectivity index (χ4n) is 4.10. The van der Waals surface area contributed by atoms with E-state index in [0.717, 1.165) is 22.4 Å². The molecule has 2 N–H and O–H groups in total. The highest BCUT2D eigenvalue weighted by atomic mass is 16.5. The summed E-state index contributed by atoms with van der Waals surface area (Å²) >= 11 is 0. The van der Waals surface area contributed by atoms with E-state index in [9.17, 15) is 10.2 Å². The molecule has 0 aliphatic carbocycles. The molecule has 1 heterocycles. The van der Waals surface area contributed by atoms with Crippen molar-refractivity contribution in [2.45, 2.75) is 18.4 Å². The number of rotatable bonds is 4. The number of hydrogen-bond donors (Lipinski definition) is 2. The molecule has 4 rings (SSSR count). The Hall–Kier alpha value is -3.18. The maximum absolute atomic E-state index is 12.2. The molecular formula is C24H24O5. The average molecular weight is 392 g/mol. The predicted octanol–water partition coefficient (Wildman–Crippen LogP) is 4.13. The molecule has 1 aliphatic rings. The summed E-state index contributed by atoms with van der Waals surface area (Å²) in [6, 6.07) is 18.0. The van der Waals surface area contributed by atoms with Crippen molar-refractivity contribution in [3.05, 3.63) is 82.9 Å². The zero-order valence-electron chi connectivity index (χ0n) is 16.7. The van der Waals surface area contributed by atoms with Crippen LogP contribution in [0.15, 0.2) is 60.7 Å². The number of phenols is 1. The molecule has 2 atom stereocenters. The molecule has 5 heteroatoms. The topological polar surface area (TPSA) is 68.2 Å². The molecule has 0 bridgehead atoms. The Bertz CT molecular complexity index is 1010. The van der Waals surface area contributed by atoms with Crippen molar-refractivity contribution in [1.29, 1.82) is 0 Å². The first-order chi connectivity index (χ1) is 14.0. The van der Waals surface area contributed by atoms with Crippen LogP contribution in [0.2, 0.25) is 0 Å². The molecule has 0 saturated carbocycles. The summed E-state index contributed by atoms with van der Waals surface area (Å²) in [6.07, 6.45) is 0. The summed E-state index contributed by atoms with van der Waals surface area (Å²) in [5.41, 5.74) is 1.82. The van der Waals surface area contributed by atoms with Crippen LogP contribution < -0.4 is 14.2 Å². The molecule has 0 saturated heterocycles. The van der Waals surface area contributed by atoms with Gasteiger partial charge in [0.25, 0.3) is 0 Å². The molecule has 3 aromatic rings. The number of benzene rings is 3. The Labute approximate surface area is 170 Å². The third kappa shape index (κ3) is 3.08. The van der Waals surface area contributed by atoms with Gasteiger partial charge in [0, 0.05) is 11.1 Å². The highest BCUT2D eigenvalue weighted by molar-refractivity contribution is 5.57. The van der Waals surface area contributed by atoms with E-state index in [2.05, 4.69) is 0 Å². The van der Waals surface area contributed by atoms with Crippen molar-refractivity contribution in [3.8, 4) is 23.0 Å². The highest BCUT2D eigenvalue weighted by Gasteiger charge is 2.47. The van der Waals surface area contributed by atoms with Gasteiger partial charge in [0.05, 0.1) is 26.7 Å².